The van der Waals surface area contributed by atoms with Gasteiger partial charge in [-0.2, -0.15) is 13.2 Å². The van der Waals surface area contributed by atoms with Crippen LogP contribution in [0.3, 0.4) is 0 Å². The number of rotatable bonds is 3. The first kappa shape index (κ1) is 14.9. The summed E-state index contributed by atoms with van der Waals surface area (Å²) in [6.45, 7) is 0. The third-order valence-electron chi connectivity index (χ3n) is 3.91. The van der Waals surface area contributed by atoms with Crippen molar-refractivity contribution in [2.45, 2.75) is 37.9 Å². The van der Waals surface area contributed by atoms with Gasteiger partial charge in [-0.1, -0.05) is 12.8 Å². The van der Waals surface area contributed by atoms with Crippen molar-refractivity contribution in [3.8, 4) is 0 Å². The van der Waals surface area contributed by atoms with Crippen LogP contribution in [-0.2, 0) is 0 Å². The van der Waals surface area contributed by atoms with Crippen molar-refractivity contribution in [3.63, 3.8) is 0 Å². The Bertz CT molecular complexity index is 418. The second kappa shape index (κ2) is 5.87. The third kappa shape index (κ3) is 3.16. The minimum Gasteiger partial charge on any atom is -0.466 e. The van der Waals surface area contributed by atoms with Crippen molar-refractivity contribution in [1.29, 1.82) is 0 Å². The SMILES string of the molecule is CNC(c1occc1Br)C1CCCCC1C(F)(F)F. The topological polar surface area (TPSA) is 25.2 Å². The van der Waals surface area contributed by atoms with Gasteiger partial charge in [-0.3, -0.25) is 0 Å². The molecule has 0 saturated heterocycles. The Labute approximate surface area is 118 Å². The van der Waals surface area contributed by atoms with Crippen LogP contribution in [-0.4, -0.2) is 13.2 Å². The molecule has 1 heterocycles. The Balaban J connectivity index is 2.27. The maximum atomic E-state index is 13.2. The van der Waals surface area contributed by atoms with E-state index in [0.717, 1.165) is 10.9 Å². The number of hydrogen-bond acceptors (Lipinski definition) is 2. The summed E-state index contributed by atoms with van der Waals surface area (Å²) in [7, 11) is 1.68. The monoisotopic (exact) mass is 339 g/mol. The van der Waals surface area contributed by atoms with E-state index >= 15 is 0 Å². The largest absolute Gasteiger partial charge is 0.466 e. The zero-order chi connectivity index (χ0) is 14.0. The number of hydrogen-bond donors (Lipinski definition) is 1. The van der Waals surface area contributed by atoms with Gasteiger partial charge in [0.2, 0.25) is 0 Å². The van der Waals surface area contributed by atoms with Gasteiger partial charge in [0, 0.05) is 0 Å². The average Bonchev–Trinajstić information content (AvgIpc) is 2.76. The molecule has 6 heteroatoms. The van der Waals surface area contributed by atoms with Gasteiger partial charge in [-0.05, 0) is 47.8 Å². The maximum absolute atomic E-state index is 13.2. The molecule has 0 bridgehead atoms. The van der Waals surface area contributed by atoms with Gasteiger partial charge in [0.1, 0.15) is 5.76 Å². The number of furan rings is 1. The van der Waals surface area contributed by atoms with E-state index in [9.17, 15) is 13.2 Å². The van der Waals surface area contributed by atoms with Crippen molar-refractivity contribution in [2.75, 3.05) is 7.05 Å². The van der Waals surface area contributed by atoms with Crippen LogP contribution in [0.15, 0.2) is 21.2 Å². The summed E-state index contributed by atoms with van der Waals surface area (Å²) in [4.78, 5) is 0. The standard InChI is InChI=1S/C13H17BrF3NO/c1-18-11(12-10(14)6-7-19-12)8-4-2-3-5-9(8)13(15,16)17/h6-9,11,18H,2-5H2,1H3. The minimum absolute atomic E-state index is 0.213. The summed E-state index contributed by atoms with van der Waals surface area (Å²) >= 11 is 3.33. The van der Waals surface area contributed by atoms with Gasteiger partial charge in [-0.15, -0.1) is 0 Å². The Kier molecular flexibility index (Phi) is 4.61. The van der Waals surface area contributed by atoms with Crippen molar-refractivity contribution < 1.29 is 17.6 Å². The maximum Gasteiger partial charge on any atom is 0.392 e. The van der Waals surface area contributed by atoms with Gasteiger partial charge in [0.25, 0.3) is 0 Å². The lowest BCUT2D eigenvalue weighted by molar-refractivity contribution is -0.200. The molecule has 3 unspecified atom stereocenters. The van der Waals surface area contributed by atoms with E-state index in [4.69, 9.17) is 4.42 Å². The van der Waals surface area contributed by atoms with Crippen LogP contribution < -0.4 is 5.32 Å². The first-order valence-corrected chi connectivity index (χ1v) is 7.21. The molecule has 3 atom stereocenters. The lowest BCUT2D eigenvalue weighted by Gasteiger charge is -2.37. The van der Waals surface area contributed by atoms with Crippen LogP contribution in [0.25, 0.3) is 0 Å². The molecule has 1 N–H and O–H groups in total. The number of nitrogens with one attached hydrogen (secondary N) is 1. The second-order valence-electron chi connectivity index (χ2n) is 5.00. The summed E-state index contributed by atoms with van der Waals surface area (Å²) in [6.07, 6.45) is -0.369. The molecule has 0 radical (unpaired) electrons. The summed E-state index contributed by atoms with van der Waals surface area (Å²) in [5.41, 5.74) is 0. The lowest BCUT2D eigenvalue weighted by atomic mass is 9.74. The third-order valence-corrected chi connectivity index (χ3v) is 4.56. The molecule has 0 spiro atoms. The highest BCUT2D eigenvalue weighted by Gasteiger charge is 2.48. The van der Waals surface area contributed by atoms with Gasteiger partial charge >= 0.3 is 6.18 Å². The molecule has 2 nitrogen and oxygen atoms in total. The predicted molar refractivity (Wildman–Crippen MR) is 69.7 cm³/mol. The summed E-state index contributed by atoms with van der Waals surface area (Å²) in [5, 5.41) is 2.99. The van der Waals surface area contributed by atoms with Crippen LogP contribution in [0.2, 0.25) is 0 Å². The lowest BCUT2D eigenvalue weighted by Crippen LogP contribution is -2.39. The molecular weight excluding hydrogens is 323 g/mol. The van der Waals surface area contributed by atoms with E-state index in [0.29, 0.717) is 18.6 Å². The average molecular weight is 340 g/mol. The minimum atomic E-state index is -4.14. The van der Waals surface area contributed by atoms with Crippen molar-refractivity contribution in [2.24, 2.45) is 11.8 Å². The zero-order valence-electron chi connectivity index (χ0n) is 10.6. The van der Waals surface area contributed by atoms with E-state index in [1.807, 2.05) is 0 Å². The molecule has 0 amide bonds. The molecular formula is C13H17BrF3NO. The summed E-state index contributed by atoms with van der Waals surface area (Å²) in [5.74, 6) is -1.17. The Morgan fingerprint density at radius 3 is 2.58 bits per heavy atom. The van der Waals surface area contributed by atoms with Crippen LogP contribution in [0.1, 0.15) is 37.5 Å². The summed E-state index contributed by atoms with van der Waals surface area (Å²) < 4.78 is 45.6. The molecule has 2 rings (SSSR count). The van der Waals surface area contributed by atoms with E-state index in [2.05, 4.69) is 21.2 Å². The summed E-state index contributed by atoms with van der Waals surface area (Å²) in [6, 6.07) is 1.31. The molecule has 19 heavy (non-hydrogen) atoms. The first-order chi connectivity index (χ1) is 8.95. The van der Waals surface area contributed by atoms with Gasteiger partial charge in [0.15, 0.2) is 0 Å². The van der Waals surface area contributed by atoms with Crippen molar-refractivity contribution >= 4 is 15.9 Å². The van der Waals surface area contributed by atoms with E-state index in [1.165, 1.54) is 6.26 Å². The fourth-order valence-electron chi connectivity index (χ4n) is 3.03. The van der Waals surface area contributed by atoms with Crippen molar-refractivity contribution in [1.82, 2.24) is 5.32 Å². The predicted octanol–water partition coefficient (Wildman–Crippen LogP) is 4.67. The van der Waals surface area contributed by atoms with E-state index in [1.54, 1.807) is 13.1 Å². The first-order valence-electron chi connectivity index (χ1n) is 6.42. The fourth-order valence-corrected chi connectivity index (χ4v) is 3.48. The quantitative estimate of drug-likeness (QED) is 0.865. The van der Waals surface area contributed by atoms with Gasteiger partial charge in [-0.25, -0.2) is 0 Å². The highest BCUT2D eigenvalue weighted by molar-refractivity contribution is 9.10. The molecule has 1 aliphatic carbocycles. The van der Waals surface area contributed by atoms with E-state index in [-0.39, 0.29) is 6.42 Å². The molecule has 1 fully saturated rings. The van der Waals surface area contributed by atoms with Crippen LogP contribution in [0, 0.1) is 11.8 Å². The Morgan fingerprint density at radius 1 is 1.37 bits per heavy atom. The highest BCUT2D eigenvalue weighted by Crippen LogP contribution is 2.47. The molecule has 1 aliphatic rings. The Hall–Kier alpha value is -0.490. The molecule has 1 aromatic heterocycles. The normalized spacial score (nSPS) is 26.4. The smallest absolute Gasteiger partial charge is 0.392 e. The molecule has 1 aromatic rings. The number of alkyl halides is 3. The van der Waals surface area contributed by atoms with Crippen molar-refractivity contribution in [3.05, 3.63) is 22.6 Å². The fraction of sp³-hybridized carbons (Fsp3) is 0.692. The zero-order valence-corrected chi connectivity index (χ0v) is 12.2. The molecule has 1 saturated carbocycles. The molecule has 0 aromatic carbocycles. The molecule has 0 aliphatic heterocycles. The van der Waals surface area contributed by atoms with Crippen LogP contribution >= 0.6 is 15.9 Å². The van der Waals surface area contributed by atoms with Gasteiger partial charge < -0.3 is 9.73 Å². The number of halogens is 4. The van der Waals surface area contributed by atoms with Crippen LogP contribution in [0.4, 0.5) is 13.2 Å². The molecule has 108 valence electrons. The van der Waals surface area contributed by atoms with Crippen LogP contribution in [0.5, 0.6) is 0 Å². The second-order valence-corrected chi connectivity index (χ2v) is 5.85. The van der Waals surface area contributed by atoms with Gasteiger partial charge in [0.05, 0.1) is 22.7 Å². The Morgan fingerprint density at radius 2 is 2.05 bits per heavy atom. The van der Waals surface area contributed by atoms with E-state index < -0.39 is 24.1 Å². The highest BCUT2D eigenvalue weighted by atomic mass is 79.9.